The summed E-state index contributed by atoms with van der Waals surface area (Å²) in [5, 5.41) is 8.44. The molecule has 0 spiro atoms. The Kier molecular flexibility index (Phi) is 3.61. The fourth-order valence-electron chi connectivity index (χ4n) is 2.16. The number of hydrogen-bond donors (Lipinski definition) is 1. The summed E-state index contributed by atoms with van der Waals surface area (Å²) < 4.78 is 0. The lowest BCUT2D eigenvalue weighted by Gasteiger charge is -2.38. The quantitative estimate of drug-likeness (QED) is 0.855. The molecular weight excluding hydrogens is 224 g/mol. The molecule has 2 heterocycles. The molecule has 0 amide bonds. The maximum atomic E-state index is 5.73. The van der Waals surface area contributed by atoms with Crippen LogP contribution in [0.5, 0.6) is 0 Å². The Labute approximate surface area is 101 Å². The summed E-state index contributed by atoms with van der Waals surface area (Å²) >= 11 is 5.73. The Hall–Kier alpha value is -0.870. The molecule has 1 aliphatic heterocycles. The first-order valence-corrected chi connectivity index (χ1v) is 6.04. The maximum Gasteiger partial charge on any atom is 0.151 e. The third-order valence-corrected chi connectivity index (χ3v) is 3.43. The first kappa shape index (κ1) is 11.6. The molecule has 88 valence electrons. The molecule has 0 saturated carbocycles. The van der Waals surface area contributed by atoms with E-state index in [2.05, 4.69) is 22.0 Å². The van der Waals surface area contributed by atoms with Crippen molar-refractivity contribution in [3.05, 3.63) is 17.3 Å². The molecule has 2 atom stereocenters. The molecule has 16 heavy (non-hydrogen) atoms. The highest BCUT2D eigenvalue weighted by molar-refractivity contribution is 6.29. The van der Waals surface area contributed by atoms with Gasteiger partial charge in [-0.15, -0.1) is 10.2 Å². The van der Waals surface area contributed by atoms with Gasteiger partial charge in [-0.05, 0) is 44.4 Å². The van der Waals surface area contributed by atoms with Gasteiger partial charge in [0.15, 0.2) is 11.0 Å². The number of hydrogen-bond acceptors (Lipinski definition) is 4. The van der Waals surface area contributed by atoms with E-state index in [0.29, 0.717) is 17.1 Å². The highest BCUT2D eigenvalue weighted by Crippen LogP contribution is 2.25. The molecule has 0 aliphatic carbocycles. The largest absolute Gasteiger partial charge is 0.352 e. The normalized spacial score (nSPS) is 25.8. The van der Waals surface area contributed by atoms with Crippen LogP contribution in [0.3, 0.4) is 0 Å². The molecule has 0 aromatic carbocycles. The van der Waals surface area contributed by atoms with Gasteiger partial charge in [-0.1, -0.05) is 11.6 Å². The van der Waals surface area contributed by atoms with Crippen LogP contribution < -0.4 is 10.6 Å². The number of halogens is 1. The number of nitrogens with two attached hydrogens (primary N) is 1. The highest BCUT2D eigenvalue weighted by Gasteiger charge is 2.25. The summed E-state index contributed by atoms with van der Waals surface area (Å²) in [6.45, 7) is 3.92. The van der Waals surface area contributed by atoms with Crippen molar-refractivity contribution < 1.29 is 0 Å². The Morgan fingerprint density at radius 1 is 1.44 bits per heavy atom. The Morgan fingerprint density at radius 2 is 2.25 bits per heavy atom. The third-order valence-electron chi connectivity index (χ3n) is 3.23. The molecule has 1 aliphatic rings. The number of rotatable bonds is 2. The van der Waals surface area contributed by atoms with E-state index >= 15 is 0 Å². The van der Waals surface area contributed by atoms with E-state index in [0.717, 1.165) is 25.3 Å². The molecule has 5 heteroatoms. The van der Waals surface area contributed by atoms with E-state index in [1.165, 1.54) is 6.42 Å². The Morgan fingerprint density at radius 3 is 2.88 bits per heavy atom. The number of piperidine rings is 1. The van der Waals surface area contributed by atoms with Crippen LogP contribution >= 0.6 is 11.6 Å². The summed E-state index contributed by atoms with van der Waals surface area (Å²) in [6, 6.07) is 4.20. The number of anilines is 1. The van der Waals surface area contributed by atoms with E-state index in [1.807, 2.05) is 6.07 Å². The maximum absolute atomic E-state index is 5.73. The molecule has 1 aromatic rings. The number of nitrogens with zero attached hydrogens (tertiary/aromatic N) is 3. The molecule has 0 bridgehead atoms. The molecule has 2 N–H and O–H groups in total. The molecule has 2 unspecified atom stereocenters. The van der Waals surface area contributed by atoms with Gasteiger partial charge >= 0.3 is 0 Å². The lowest BCUT2D eigenvalue weighted by Crippen LogP contribution is -2.44. The molecule has 1 fully saturated rings. The lowest BCUT2D eigenvalue weighted by molar-refractivity contribution is 0.371. The van der Waals surface area contributed by atoms with E-state index in [4.69, 9.17) is 17.3 Å². The summed E-state index contributed by atoms with van der Waals surface area (Å²) in [5.41, 5.74) is 5.73. The Bertz CT molecular complexity index is 340. The third kappa shape index (κ3) is 2.44. The molecular formula is C11H17ClN4. The van der Waals surface area contributed by atoms with Crippen LogP contribution in [-0.2, 0) is 0 Å². The molecule has 2 rings (SSSR count). The van der Waals surface area contributed by atoms with Gasteiger partial charge in [-0.3, -0.25) is 0 Å². The van der Waals surface area contributed by atoms with E-state index in [1.54, 1.807) is 6.07 Å². The second-order valence-corrected chi connectivity index (χ2v) is 4.78. The molecule has 1 saturated heterocycles. The summed E-state index contributed by atoms with van der Waals surface area (Å²) in [4.78, 5) is 2.27. The van der Waals surface area contributed by atoms with E-state index in [-0.39, 0.29) is 0 Å². The summed E-state index contributed by atoms with van der Waals surface area (Å²) in [7, 11) is 0. The predicted molar refractivity (Wildman–Crippen MR) is 65.6 cm³/mol. The zero-order valence-corrected chi connectivity index (χ0v) is 10.2. The van der Waals surface area contributed by atoms with Crippen molar-refractivity contribution in [2.24, 2.45) is 11.7 Å². The average Bonchev–Trinajstić information content (AvgIpc) is 2.31. The minimum absolute atomic E-state index is 0.434. The van der Waals surface area contributed by atoms with Crippen LogP contribution in [0, 0.1) is 5.92 Å². The van der Waals surface area contributed by atoms with E-state index in [9.17, 15) is 0 Å². The van der Waals surface area contributed by atoms with Crippen LogP contribution in [-0.4, -0.2) is 29.3 Å². The second kappa shape index (κ2) is 4.97. The highest BCUT2D eigenvalue weighted by atomic mass is 35.5. The van der Waals surface area contributed by atoms with Gasteiger partial charge in [0.1, 0.15) is 0 Å². The lowest BCUT2D eigenvalue weighted by atomic mass is 9.93. The minimum atomic E-state index is 0.434. The summed E-state index contributed by atoms with van der Waals surface area (Å²) in [5.74, 6) is 1.46. The van der Waals surface area contributed by atoms with Crippen LogP contribution in [0.4, 0.5) is 5.82 Å². The second-order valence-electron chi connectivity index (χ2n) is 4.39. The smallest absolute Gasteiger partial charge is 0.151 e. The SMILES string of the molecule is CC1CCC(CN)CN1c1ccc(Cl)nn1. The minimum Gasteiger partial charge on any atom is -0.352 e. The Balaban J connectivity index is 2.14. The van der Waals surface area contributed by atoms with Crippen molar-refractivity contribution in [2.45, 2.75) is 25.8 Å². The van der Waals surface area contributed by atoms with Crippen molar-refractivity contribution in [3.8, 4) is 0 Å². The van der Waals surface area contributed by atoms with Gasteiger partial charge < -0.3 is 10.6 Å². The van der Waals surface area contributed by atoms with Crippen LogP contribution in [0.25, 0.3) is 0 Å². The fourth-order valence-corrected chi connectivity index (χ4v) is 2.26. The number of aromatic nitrogens is 2. The van der Waals surface area contributed by atoms with Crippen molar-refractivity contribution in [2.75, 3.05) is 18.0 Å². The van der Waals surface area contributed by atoms with E-state index < -0.39 is 0 Å². The van der Waals surface area contributed by atoms with Crippen molar-refractivity contribution in [1.29, 1.82) is 0 Å². The van der Waals surface area contributed by atoms with Gasteiger partial charge in [0, 0.05) is 12.6 Å². The van der Waals surface area contributed by atoms with Gasteiger partial charge in [0.05, 0.1) is 0 Å². The van der Waals surface area contributed by atoms with Crippen molar-refractivity contribution in [3.63, 3.8) is 0 Å². The van der Waals surface area contributed by atoms with Gasteiger partial charge in [-0.2, -0.15) is 0 Å². The zero-order chi connectivity index (χ0) is 11.5. The van der Waals surface area contributed by atoms with Gasteiger partial charge in [0.25, 0.3) is 0 Å². The average molecular weight is 241 g/mol. The monoisotopic (exact) mass is 240 g/mol. The standard InChI is InChI=1S/C11H17ClN4/c1-8-2-3-9(6-13)7-16(8)11-5-4-10(12)14-15-11/h4-5,8-9H,2-3,6-7,13H2,1H3. The fraction of sp³-hybridized carbons (Fsp3) is 0.636. The van der Waals surface area contributed by atoms with Crippen LogP contribution in [0.1, 0.15) is 19.8 Å². The van der Waals surface area contributed by atoms with Gasteiger partial charge in [0.2, 0.25) is 0 Å². The first-order chi connectivity index (χ1) is 7.70. The van der Waals surface area contributed by atoms with Crippen molar-refractivity contribution in [1.82, 2.24) is 10.2 Å². The van der Waals surface area contributed by atoms with Crippen LogP contribution in [0.15, 0.2) is 12.1 Å². The first-order valence-electron chi connectivity index (χ1n) is 5.66. The summed E-state index contributed by atoms with van der Waals surface area (Å²) in [6.07, 6.45) is 2.36. The predicted octanol–water partition coefficient (Wildman–Crippen LogP) is 1.69. The zero-order valence-electron chi connectivity index (χ0n) is 9.43. The van der Waals surface area contributed by atoms with Gasteiger partial charge in [-0.25, -0.2) is 0 Å². The van der Waals surface area contributed by atoms with Crippen LogP contribution in [0.2, 0.25) is 5.15 Å². The topological polar surface area (TPSA) is 55.0 Å². The van der Waals surface area contributed by atoms with Crippen molar-refractivity contribution >= 4 is 17.4 Å². The molecule has 4 nitrogen and oxygen atoms in total. The molecule has 0 radical (unpaired) electrons. The molecule has 1 aromatic heterocycles.